The van der Waals surface area contributed by atoms with Crippen LogP contribution in [0.2, 0.25) is 10.0 Å². The Morgan fingerprint density at radius 3 is 2.24 bits per heavy atom. The minimum atomic E-state index is -0.739. The number of methoxy groups -OCH3 is 1. The molecule has 3 aromatic carbocycles. The van der Waals surface area contributed by atoms with Gasteiger partial charge in [-0.1, -0.05) is 59.6 Å². The molecule has 0 aliphatic carbocycles. The molecule has 1 N–H and O–H groups in total. The molecule has 0 heterocycles. The van der Waals surface area contributed by atoms with Crippen molar-refractivity contribution in [1.29, 1.82) is 0 Å². The molecule has 0 unspecified atom stereocenters. The van der Waals surface area contributed by atoms with Crippen molar-refractivity contribution < 1.29 is 19.1 Å². The number of rotatable bonds is 10. The zero-order chi connectivity index (χ0) is 24.5. The summed E-state index contributed by atoms with van der Waals surface area (Å²) in [6.07, 6.45) is 0. The van der Waals surface area contributed by atoms with Gasteiger partial charge >= 0.3 is 0 Å². The Morgan fingerprint density at radius 2 is 1.59 bits per heavy atom. The highest BCUT2D eigenvalue weighted by Crippen LogP contribution is 2.23. The molecule has 34 heavy (non-hydrogen) atoms. The fourth-order valence-electron chi connectivity index (χ4n) is 3.23. The molecule has 0 saturated carbocycles. The van der Waals surface area contributed by atoms with Crippen molar-refractivity contribution in [3.8, 4) is 11.5 Å². The number of amides is 2. The number of hydrogen-bond donors (Lipinski definition) is 1. The molecule has 0 radical (unpaired) electrons. The second-order valence-electron chi connectivity index (χ2n) is 7.61. The first kappa shape index (κ1) is 25.4. The Bertz CT molecular complexity index is 1100. The summed E-state index contributed by atoms with van der Waals surface area (Å²) in [4.78, 5) is 27.6. The lowest BCUT2D eigenvalue weighted by Crippen LogP contribution is -2.48. The molecular formula is C26H26Cl2N2O4. The molecule has 178 valence electrons. The predicted octanol–water partition coefficient (Wildman–Crippen LogP) is 5.11. The Labute approximate surface area is 209 Å². The highest BCUT2D eigenvalue weighted by molar-refractivity contribution is 6.32. The van der Waals surface area contributed by atoms with Crippen molar-refractivity contribution >= 4 is 35.0 Å². The molecule has 0 aliphatic rings. The number of carbonyl (C=O) groups is 2. The van der Waals surface area contributed by atoms with Gasteiger partial charge in [-0.25, -0.2) is 0 Å². The molecule has 2 amide bonds. The monoisotopic (exact) mass is 500 g/mol. The van der Waals surface area contributed by atoms with Crippen LogP contribution in [0.4, 0.5) is 0 Å². The fourth-order valence-corrected chi connectivity index (χ4v) is 3.55. The van der Waals surface area contributed by atoms with E-state index in [1.54, 1.807) is 50.4 Å². The van der Waals surface area contributed by atoms with E-state index in [2.05, 4.69) is 5.32 Å². The van der Waals surface area contributed by atoms with E-state index in [9.17, 15) is 9.59 Å². The molecule has 0 spiro atoms. The van der Waals surface area contributed by atoms with Gasteiger partial charge in [0.15, 0.2) is 6.61 Å². The maximum Gasteiger partial charge on any atom is 0.261 e. The third-order valence-corrected chi connectivity index (χ3v) is 5.81. The van der Waals surface area contributed by atoms with Gasteiger partial charge in [0.2, 0.25) is 5.91 Å². The third-order valence-electron chi connectivity index (χ3n) is 5.25. The molecule has 3 aromatic rings. The number of carbonyl (C=O) groups excluding carboxylic acids is 2. The highest BCUT2D eigenvalue weighted by Gasteiger charge is 2.26. The number of ether oxygens (including phenoxy) is 2. The van der Waals surface area contributed by atoms with Gasteiger partial charge in [-0.3, -0.25) is 9.59 Å². The second-order valence-corrected chi connectivity index (χ2v) is 8.45. The summed E-state index contributed by atoms with van der Waals surface area (Å²) in [6.45, 7) is 1.98. The van der Waals surface area contributed by atoms with E-state index in [-0.39, 0.29) is 25.0 Å². The highest BCUT2D eigenvalue weighted by atomic mass is 35.5. The van der Waals surface area contributed by atoms with Crippen molar-refractivity contribution in [3.05, 3.63) is 94.0 Å². The molecule has 3 rings (SSSR count). The Kier molecular flexibility index (Phi) is 9.19. The van der Waals surface area contributed by atoms with Gasteiger partial charge in [-0.2, -0.15) is 0 Å². The standard InChI is InChI=1S/C26H26Cl2N2O4/c1-18(26(32)29-15-19-7-11-21(27)12-8-19)30(16-20-9-13-22(33-2)14-10-20)25(31)17-34-24-6-4-3-5-23(24)28/h3-14,18H,15-17H2,1-2H3,(H,29,32)/t18-/m1/s1. The molecule has 0 aromatic heterocycles. The van der Waals surface area contributed by atoms with Crippen LogP contribution in [0.1, 0.15) is 18.1 Å². The summed E-state index contributed by atoms with van der Waals surface area (Å²) in [5.74, 6) is 0.485. The van der Waals surface area contributed by atoms with Gasteiger partial charge in [-0.15, -0.1) is 0 Å². The molecule has 6 nitrogen and oxygen atoms in total. The smallest absolute Gasteiger partial charge is 0.261 e. The zero-order valence-corrected chi connectivity index (χ0v) is 20.5. The summed E-state index contributed by atoms with van der Waals surface area (Å²) in [5, 5.41) is 3.91. The molecule has 0 bridgehead atoms. The number of hydrogen-bond acceptors (Lipinski definition) is 4. The summed E-state index contributed by atoms with van der Waals surface area (Å²) in [6, 6.07) is 20.7. The van der Waals surface area contributed by atoms with Crippen LogP contribution in [0.3, 0.4) is 0 Å². The summed E-state index contributed by atoms with van der Waals surface area (Å²) < 4.78 is 10.8. The molecule has 0 saturated heterocycles. The minimum absolute atomic E-state index is 0.226. The molecule has 8 heteroatoms. The van der Waals surface area contributed by atoms with E-state index in [1.165, 1.54) is 4.90 Å². The first-order valence-electron chi connectivity index (χ1n) is 10.7. The van der Waals surface area contributed by atoms with Crippen molar-refractivity contribution in [2.45, 2.75) is 26.1 Å². The predicted molar refractivity (Wildman–Crippen MR) is 133 cm³/mol. The lowest BCUT2D eigenvalue weighted by Gasteiger charge is -2.29. The number of benzene rings is 3. The normalized spacial score (nSPS) is 11.4. The van der Waals surface area contributed by atoms with Gasteiger partial charge in [0, 0.05) is 18.1 Å². The van der Waals surface area contributed by atoms with Crippen molar-refractivity contribution in [2.75, 3.05) is 13.7 Å². The zero-order valence-electron chi connectivity index (χ0n) is 19.0. The van der Waals surface area contributed by atoms with Crippen LogP contribution in [0.25, 0.3) is 0 Å². The third kappa shape index (κ3) is 7.14. The Morgan fingerprint density at radius 1 is 0.941 bits per heavy atom. The maximum absolute atomic E-state index is 13.2. The number of halogens is 2. The first-order chi connectivity index (χ1) is 16.4. The van der Waals surface area contributed by atoms with E-state index < -0.39 is 6.04 Å². The van der Waals surface area contributed by atoms with Gasteiger partial charge in [0.05, 0.1) is 12.1 Å². The van der Waals surface area contributed by atoms with Crippen LogP contribution in [0.5, 0.6) is 11.5 Å². The SMILES string of the molecule is COc1ccc(CN(C(=O)COc2ccccc2Cl)[C@H](C)C(=O)NCc2ccc(Cl)cc2)cc1. The second kappa shape index (κ2) is 12.3. The van der Waals surface area contributed by atoms with Gasteiger partial charge < -0.3 is 19.7 Å². The van der Waals surface area contributed by atoms with Crippen LogP contribution in [-0.2, 0) is 22.7 Å². The summed E-state index contributed by atoms with van der Waals surface area (Å²) in [7, 11) is 1.59. The number of nitrogens with zero attached hydrogens (tertiary/aromatic N) is 1. The van der Waals surface area contributed by atoms with E-state index in [0.717, 1.165) is 11.1 Å². The average Bonchev–Trinajstić information content (AvgIpc) is 2.86. The minimum Gasteiger partial charge on any atom is -0.497 e. The van der Waals surface area contributed by atoms with Crippen molar-refractivity contribution in [1.82, 2.24) is 10.2 Å². The Balaban J connectivity index is 1.71. The van der Waals surface area contributed by atoms with Crippen LogP contribution >= 0.6 is 23.2 Å². The van der Waals surface area contributed by atoms with E-state index in [1.807, 2.05) is 36.4 Å². The van der Waals surface area contributed by atoms with Gasteiger partial charge in [-0.05, 0) is 54.4 Å². The maximum atomic E-state index is 13.2. The van der Waals surface area contributed by atoms with Crippen LogP contribution < -0.4 is 14.8 Å². The average molecular weight is 501 g/mol. The largest absolute Gasteiger partial charge is 0.497 e. The number of nitrogens with one attached hydrogen (secondary N) is 1. The molecule has 0 aliphatic heterocycles. The summed E-state index contributed by atoms with van der Waals surface area (Å²) in [5.41, 5.74) is 1.75. The fraction of sp³-hybridized carbons (Fsp3) is 0.231. The van der Waals surface area contributed by atoms with Crippen LogP contribution in [-0.4, -0.2) is 36.5 Å². The summed E-state index contributed by atoms with van der Waals surface area (Å²) >= 11 is 12.1. The van der Waals surface area contributed by atoms with E-state index in [4.69, 9.17) is 32.7 Å². The lowest BCUT2D eigenvalue weighted by molar-refractivity contribution is -0.142. The van der Waals surface area contributed by atoms with Crippen molar-refractivity contribution in [2.24, 2.45) is 0 Å². The van der Waals surface area contributed by atoms with Gasteiger partial charge in [0.1, 0.15) is 17.5 Å². The van der Waals surface area contributed by atoms with Gasteiger partial charge in [0.25, 0.3) is 5.91 Å². The molecular weight excluding hydrogens is 475 g/mol. The van der Waals surface area contributed by atoms with Crippen LogP contribution in [0, 0.1) is 0 Å². The number of para-hydroxylation sites is 1. The lowest BCUT2D eigenvalue weighted by atomic mass is 10.1. The van der Waals surface area contributed by atoms with Crippen LogP contribution in [0.15, 0.2) is 72.8 Å². The van der Waals surface area contributed by atoms with E-state index in [0.29, 0.717) is 28.1 Å². The van der Waals surface area contributed by atoms with E-state index >= 15 is 0 Å². The first-order valence-corrected chi connectivity index (χ1v) is 11.4. The Hall–Kier alpha value is -3.22. The molecule has 0 fully saturated rings. The molecule has 1 atom stereocenters. The quantitative estimate of drug-likeness (QED) is 0.419. The van der Waals surface area contributed by atoms with Crippen molar-refractivity contribution in [3.63, 3.8) is 0 Å². The topological polar surface area (TPSA) is 67.9 Å².